The standard InChI is InChI=1S/C48H52N2/c1-3-15-35(16-4-1)49-45-25-13-11-23-41(45)43-31-33(27-29-47(43)49)37-19-7-9-21-39(37)40-22-10-8-20-38(40)34-28-30-48-44(32-34)42-24-12-14-26-46(42)50(48)36-17-5-2-6-18-36/h1,3-5,7,9-11,14-17,19,22-23,26,28-33,36,38-42,45-46H,2,6,8,12-13,18,20-21,24-25,27H2. The highest BCUT2D eigenvalue weighted by Gasteiger charge is 2.45. The summed E-state index contributed by atoms with van der Waals surface area (Å²) in [5.41, 5.74) is 10.8. The molecule has 0 amide bonds. The topological polar surface area (TPSA) is 6.48 Å². The molecule has 10 rings (SSSR count). The van der Waals surface area contributed by atoms with Crippen LogP contribution in [0.1, 0.15) is 93.6 Å². The Morgan fingerprint density at radius 2 is 1.52 bits per heavy atom. The van der Waals surface area contributed by atoms with Crippen molar-refractivity contribution in [2.75, 3.05) is 9.80 Å². The van der Waals surface area contributed by atoms with E-state index in [1.807, 2.05) is 0 Å². The molecule has 2 aromatic carbocycles. The van der Waals surface area contributed by atoms with E-state index in [-0.39, 0.29) is 0 Å². The molecular weight excluding hydrogens is 605 g/mol. The summed E-state index contributed by atoms with van der Waals surface area (Å²) in [6.45, 7) is 0. The Balaban J connectivity index is 0.964. The first-order chi connectivity index (χ1) is 24.8. The molecule has 9 atom stereocenters. The number of nitrogens with zero attached hydrogens (tertiary/aromatic N) is 2. The number of benzene rings is 2. The second kappa shape index (κ2) is 12.9. The lowest BCUT2D eigenvalue weighted by Gasteiger charge is -2.39. The second-order valence-corrected chi connectivity index (χ2v) is 16.2. The van der Waals surface area contributed by atoms with Crippen LogP contribution in [0.4, 0.5) is 11.4 Å². The molecule has 1 saturated heterocycles. The Morgan fingerprint density at radius 1 is 0.680 bits per heavy atom. The molecule has 2 heterocycles. The van der Waals surface area contributed by atoms with E-state index in [0.29, 0.717) is 53.6 Å². The maximum atomic E-state index is 2.80. The first-order valence-corrected chi connectivity index (χ1v) is 20.1. The molecule has 0 radical (unpaired) electrons. The van der Waals surface area contributed by atoms with Crippen LogP contribution in [0.15, 0.2) is 144 Å². The van der Waals surface area contributed by atoms with E-state index in [1.54, 1.807) is 22.3 Å². The second-order valence-electron chi connectivity index (χ2n) is 16.2. The number of hydrogen-bond donors (Lipinski definition) is 0. The van der Waals surface area contributed by atoms with Gasteiger partial charge in [-0.2, -0.15) is 0 Å². The van der Waals surface area contributed by atoms with Gasteiger partial charge in [0.05, 0.1) is 6.04 Å². The van der Waals surface area contributed by atoms with Gasteiger partial charge in [0.1, 0.15) is 0 Å². The van der Waals surface area contributed by atoms with Gasteiger partial charge in [0.25, 0.3) is 0 Å². The minimum absolute atomic E-state index is 0.471. The predicted molar refractivity (Wildman–Crippen MR) is 209 cm³/mol. The normalized spacial score (nSPS) is 35.2. The molecule has 2 nitrogen and oxygen atoms in total. The summed E-state index contributed by atoms with van der Waals surface area (Å²) >= 11 is 0. The molecule has 2 aliphatic heterocycles. The van der Waals surface area contributed by atoms with Crippen LogP contribution in [0, 0.1) is 23.7 Å². The lowest BCUT2D eigenvalue weighted by Crippen LogP contribution is -2.41. The first kappa shape index (κ1) is 30.8. The highest BCUT2D eigenvalue weighted by atomic mass is 15.2. The average molecular weight is 657 g/mol. The van der Waals surface area contributed by atoms with Crippen LogP contribution in [-0.4, -0.2) is 18.1 Å². The van der Waals surface area contributed by atoms with Crippen molar-refractivity contribution in [2.45, 2.75) is 101 Å². The van der Waals surface area contributed by atoms with Crippen LogP contribution >= 0.6 is 0 Å². The third-order valence-corrected chi connectivity index (χ3v) is 13.7. The number of fused-ring (bicyclic) bond motifs is 6. The van der Waals surface area contributed by atoms with E-state index >= 15 is 0 Å². The molecule has 8 aliphatic rings. The van der Waals surface area contributed by atoms with Crippen molar-refractivity contribution in [3.63, 3.8) is 0 Å². The zero-order valence-electron chi connectivity index (χ0n) is 29.5. The monoisotopic (exact) mass is 656 g/mol. The van der Waals surface area contributed by atoms with E-state index in [9.17, 15) is 0 Å². The van der Waals surface area contributed by atoms with Gasteiger partial charge >= 0.3 is 0 Å². The highest BCUT2D eigenvalue weighted by Crippen LogP contribution is 2.53. The predicted octanol–water partition coefficient (Wildman–Crippen LogP) is 11.7. The Morgan fingerprint density at radius 3 is 2.42 bits per heavy atom. The van der Waals surface area contributed by atoms with E-state index < -0.39 is 0 Å². The zero-order chi connectivity index (χ0) is 33.0. The summed E-state index contributed by atoms with van der Waals surface area (Å²) in [5, 5.41) is 0. The maximum absolute atomic E-state index is 2.80. The number of rotatable bonds is 5. The summed E-state index contributed by atoms with van der Waals surface area (Å²) in [4.78, 5) is 5.47. The molecule has 9 unspecified atom stereocenters. The van der Waals surface area contributed by atoms with E-state index in [0.717, 1.165) is 12.8 Å². The van der Waals surface area contributed by atoms with Gasteiger partial charge in [-0.3, -0.25) is 0 Å². The van der Waals surface area contributed by atoms with Crippen molar-refractivity contribution in [3.05, 3.63) is 155 Å². The summed E-state index contributed by atoms with van der Waals surface area (Å²) in [6.07, 6.45) is 46.1. The maximum Gasteiger partial charge on any atom is 0.0548 e. The Hall–Kier alpha value is -4.04. The molecule has 0 saturated carbocycles. The molecule has 2 aromatic rings. The van der Waals surface area contributed by atoms with Crippen LogP contribution < -0.4 is 9.80 Å². The third-order valence-electron chi connectivity index (χ3n) is 13.7. The summed E-state index contributed by atoms with van der Waals surface area (Å²) < 4.78 is 0. The van der Waals surface area contributed by atoms with Crippen molar-refractivity contribution in [1.29, 1.82) is 0 Å². The van der Waals surface area contributed by atoms with Crippen molar-refractivity contribution < 1.29 is 0 Å². The molecule has 2 heteroatoms. The van der Waals surface area contributed by atoms with Gasteiger partial charge in [-0.25, -0.2) is 0 Å². The summed E-state index contributed by atoms with van der Waals surface area (Å²) in [7, 11) is 0. The van der Waals surface area contributed by atoms with Crippen LogP contribution in [0.5, 0.6) is 0 Å². The molecular formula is C48H52N2. The van der Waals surface area contributed by atoms with Crippen LogP contribution in [0.2, 0.25) is 0 Å². The molecule has 0 N–H and O–H groups in total. The fraction of sp³-hybridized carbons (Fsp3) is 0.417. The number of anilines is 2. The molecule has 0 bridgehead atoms. The van der Waals surface area contributed by atoms with Crippen molar-refractivity contribution in [3.8, 4) is 0 Å². The van der Waals surface area contributed by atoms with Crippen molar-refractivity contribution >= 4 is 11.4 Å². The molecule has 50 heavy (non-hydrogen) atoms. The quantitative estimate of drug-likeness (QED) is 0.296. The largest absolute Gasteiger partial charge is 0.358 e. The number of para-hydroxylation sites is 1. The highest BCUT2D eigenvalue weighted by molar-refractivity contribution is 5.67. The zero-order valence-corrected chi connectivity index (χ0v) is 29.5. The molecule has 254 valence electrons. The number of allylic oxidation sites excluding steroid dienone is 12. The van der Waals surface area contributed by atoms with Gasteiger partial charge in [-0.05, 0) is 123 Å². The minimum atomic E-state index is 0.471. The lowest BCUT2D eigenvalue weighted by atomic mass is 9.65. The Bertz CT molecular complexity index is 1860. The molecule has 0 aromatic heterocycles. The Kier molecular flexibility index (Phi) is 7.96. The van der Waals surface area contributed by atoms with Gasteiger partial charge < -0.3 is 9.80 Å². The van der Waals surface area contributed by atoms with E-state index in [1.165, 1.54) is 74.9 Å². The van der Waals surface area contributed by atoms with Crippen LogP contribution in [0.25, 0.3) is 0 Å². The summed E-state index contributed by atoms with van der Waals surface area (Å²) in [5.74, 6) is 3.25. The van der Waals surface area contributed by atoms with Crippen LogP contribution in [-0.2, 0) is 0 Å². The van der Waals surface area contributed by atoms with Gasteiger partial charge in [0, 0.05) is 46.9 Å². The lowest BCUT2D eigenvalue weighted by molar-refractivity contribution is 0.338. The smallest absolute Gasteiger partial charge is 0.0548 e. The first-order valence-electron chi connectivity index (χ1n) is 20.1. The average Bonchev–Trinajstić information content (AvgIpc) is 3.71. The molecule has 1 fully saturated rings. The van der Waals surface area contributed by atoms with E-state index in [4.69, 9.17) is 0 Å². The van der Waals surface area contributed by atoms with Crippen LogP contribution in [0.3, 0.4) is 0 Å². The van der Waals surface area contributed by atoms with Gasteiger partial charge in [-0.1, -0.05) is 115 Å². The van der Waals surface area contributed by atoms with Crippen molar-refractivity contribution in [2.24, 2.45) is 23.7 Å². The fourth-order valence-electron chi connectivity index (χ4n) is 11.5. The minimum Gasteiger partial charge on any atom is -0.358 e. The fourth-order valence-corrected chi connectivity index (χ4v) is 11.5. The van der Waals surface area contributed by atoms with Crippen molar-refractivity contribution in [1.82, 2.24) is 0 Å². The summed E-state index contributed by atoms with van der Waals surface area (Å²) in [6, 6.07) is 20.5. The number of hydrogen-bond acceptors (Lipinski definition) is 2. The third kappa shape index (κ3) is 5.11. The van der Waals surface area contributed by atoms with Gasteiger partial charge in [-0.15, -0.1) is 0 Å². The van der Waals surface area contributed by atoms with Gasteiger partial charge in [0.15, 0.2) is 0 Å². The Labute approximate surface area is 300 Å². The molecule has 6 aliphatic carbocycles. The molecule has 0 spiro atoms. The van der Waals surface area contributed by atoms with Gasteiger partial charge in [0.2, 0.25) is 0 Å². The van der Waals surface area contributed by atoms with E-state index in [2.05, 4.69) is 137 Å². The SMILES string of the molecule is C1=CCC(C2C=CCCC2c2ccc3c(c2)C2CCC=CC2N3C2C=CCCC2)C(C2C=C3C(=CC2)N(c2ccccc2)C2CCC=CC32)=C1.